The van der Waals surface area contributed by atoms with E-state index in [0.29, 0.717) is 0 Å². The van der Waals surface area contributed by atoms with Crippen molar-refractivity contribution in [3.63, 3.8) is 0 Å². The Morgan fingerprint density at radius 1 is 1.67 bits per heavy atom. The lowest BCUT2D eigenvalue weighted by Gasteiger charge is -2.19. The number of hydrogen-bond acceptors (Lipinski definition) is 3. The van der Waals surface area contributed by atoms with E-state index in [1.54, 1.807) is 6.20 Å². The van der Waals surface area contributed by atoms with E-state index in [4.69, 9.17) is 4.74 Å². The number of rotatable bonds is 3. The van der Waals surface area contributed by atoms with Gasteiger partial charge in [0.1, 0.15) is 6.10 Å². The molecule has 1 aliphatic heterocycles. The SMILES string of the molecule is CCn1nccc1C(O)C1CCC(C)O1. The molecule has 0 aliphatic carbocycles. The zero-order valence-corrected chi connectivity index (χ0v) is 9.26. The molecule has 1 aromatic rings. The maximum Gasteiger partial charge on any atom is 0.122 e. The first-order valence-corrected chi connectivity index (χ1v) is 5.57. The molecule has 1 aromatic heterocycles. The lowest BCUT2D eigenvalue weighted by molar-refractivity contribution is -0.0331. The molecule has 0 aromatic carbocycles. The molecule has 3 atom stereocenters. The number of aromatic nitrogens is 2. The van der Waals surface area contributed by atoms with Gasteiger partial charge in [-0.05, 0) is 32.8 Å². The third-order valence-electron chi connectivity index (χ3n) is 2.97. The maximum absolute atomic E-state index is 10.2. The molecule has 84 valence electrons. The standard InChI is InChI=1S/C11H18N2O2/c1-3-13-9(6-7-12-13)11(14)10-5-4-8(2)15-10/h6-8,10-11,14H,3-5H2,1-2H3. The first kappa shape index (κ1) is 10.6. The number of aliphatic hydroxyl groups is 1. The van der Waals surface area contributed by atoms with Crippen molar-refractivity contribution in [2.75, 3.05) is 0 Å². The minimum absolute atomic E-state index is 0.0676. The van der Waals surface area contributed by atoms with E-state index in [2.05, 4.69) is 5.10 Å². The third-order valence-corrected chi connectivity index (χ3v) is 2.97. The van der Waals surface area contributed by atoms with Crippen LogP contribution in [0.3, 0.4) is 0 Å². The van der Waals surface area contributed by atoms with Crippen molar-refractivity contribution < 1.29 is 9.84 Å². The molecular weight excluding hydrogens is 192 g/mol. The molecule has 0 spiro atoms. The van der Waals surface area contributed by atoms with Crippen molar-refractivity contribution >= 4 is 0 Å². The van der Waals surface area contributed by atoms with Crippen LogP contribution in [0.15, 0.2) is 12.3 Å². The average Bonchev–Trinajstić information content (AvgIpc) is 2.84. The Morgan fingerprint density at radius 3 is 3.07 bits per heavy atom. The van der Waals surface area contributed by atoms with Gasteiger partial charge in [-0.1, -0.05) is 0 Å². The van der Waals surface area contributed by atoms with Gasteiger partial charge >= 0.3 is 0 Å². The Bertz CT molecular complexity index is 324. The second kappa shape index (κ2) is 4.33. The largest absolute Gasteiger partial charge is 0.384 e. The van der Waals surface area contributed by atoms with Gasteiger partial charge in [0.05, 0.1) is 17.9 Å². The van der Waals surface area contributed by atoms with Crippen molar-refractivity contribution in [2.24, 2.45) is 0 Å². The first-order valence-electron chi connectivity index (χ1n) is 5.57. The summed E-state index contributed by atoms with van der Waals surface area (Å²) in [6, 6.07) is 1.86. The topological polar surface area (TPSA) is 47.3 Å². The van der Waals surface area contributed by atoms with Gasteiger partial charge < -0.3 is 9.84 Å². The second-order valence-electron chi connectivity index (χ2n) is 4.08. The lowest BCUT2D eigenvalue weighted by Crippen LogP contribution is -2.21. The summed E-state index contributed by atoms with van der Waals surface area (Å²) in [4.78, 5) is 0. The Kier molecular flexibility index (Phi) is 3.07. The van der Waals surface area contributed by atoms with E-state index in [-0.39, 0.29) is 12.2 Å². The predicted octanol–water partition coefficient (Wildman–Crippen LogP) is 1.50. The molecule has 1 N–H and O–H groups in total. The molecule has 15 heavy (non-hydrogen) atoms. The first-order chi connectivity index (χ1) is 7.22. The van der Waals surface area contributed by atoms with Crippen molar-refractivity contribution in [2.45, 2.75) is 51.5 Å². The summed E-state index contributed by atoms with van der Waals surface area (Å²) >= 11 is 0. The summed E-state index contributed by atoms with van der Waals surface area (Å²) in [6.45, 7) is 4.84. The van der Waals surface area contributed by atoms with E-state index in [0.717, 1.165) is 25.1 Å². The van der Waals surface area contributed by atoms with Crippen molar-refractivity contribution in [3.05, 3.63) is 18.0 Å². The molecule has 0 radical (unpaired) electrons. The Hall–Kier alpha value is -0.870. The molecule has 0 bridgehead atoms. The molecule has 2 rings (SSSR count). The molecule has 0 saturated carbocycles. The van der Waals surface area contributed by atoms with Crippen LogP contribution in [0.1, 0.15) is 38.5 Å². The van der Waals surface area contributed by atoms with Crippen LogP contribution in [0.5, 0.6) is 0 Å². The van der Waals surface area contributed by atoms with Gasteiger partial charge in [0.2, 0.25) is 0 Å². The monoisotopic (exact) mass is 210 g/mol. The zero-order valence-electron chi connectivity index (χ0n) is 9.26. The summed E-state index contributed by atoms with van der Waals surface area (Å²) in [7, 11) is 0. The van der Waals surface area contributed by atoms with Gasteiger partial charge in [0, 0.05) is 12.7 Å². The average molecular weight is 210 g/mol. The van der Waals surface area contributed by atoms with Gasteiger partial charge in [0.15, 0.2) is 0 Å². The van der Waals surface area contributed by atoms with Crippen LogP contribution >= 0.6 is 0 Å². The molecular formula is C11H18N2O2. The van der Waals surface area contributed by atoms with Crippen molar-refractivity contribution in [1.29, 1.82) is 0 Å². The molecule has 1 saturated heterocycles. The number of ether oxygens (including phenoxy) is 1. The van der Waals surface area contributed by atoms with E-state index in [9.17, 15) is 5.11 Å². The third kappa shape index (κ3) is 2.06. The van der Waals surface area contributed by atoms with Crippen LogP contribution in [0, 0.1) is 0 Å². The quantitative estimate of drug-likeness (QED) is 0.822. The summed E-state index contributed by atoms with van der Waals surface area (Å²) in [5, 5.41) is 14.3. The van der Waals surface area contributed by atoms with Gasteiger partial charge in [-0.2, -0.15) is 5.10 Å². The minimum atomic E-state index is -0.544. The Labute approximate surface area is 89.9 Å². The van der Waals surface area contributed by atoms with Gasteiger partial charge in [0.25, 0.3) is 0 Å². The zero-order chi connectivity index (χ0) is 10.8. The molecule has 1 fully saturated rings. The van der Waals surface area contributed by atoms with E-state index >= 15 is 0 Å². The number of hydrogen-bond donors (Lipinski definition) is 1. The van der Waals surface area contributed by atoms with E-state index < -0.39 is 6.10 Å². The van der Waals surface area contributed by atoms with Crippen LogP contribution in [-0.2, 0) is 11.3 Å². The summed E-state index contributed by atoms with van der Waals surface area (Å²) < 4.78 is 7.47. The van der Waals surface area contributed by atoms with Crippen LogP contribution in [-0.4, -0.2) is 27.1 Å². The fraction of sp³-hybridized carbons (Fsp3) is 0.727. The molecule has 4 nitrogen and oxygen atoms in total. The van der Waals surface area contributed by atoms with Crippen molar-refractivity contribution in [3.8, 4) is 0 Å². The number of aryl methyl sites for hydroxylation is 1. The molecule has 1 aliphatic rings. The smallest absolute Gasteiger partial charge is 0.122 e. The normalized spacial score (nSPS) is 28.2. The minimum Gasteiger partial charge on any atom is -0.384 e. The highest BCUT2D eigenvalue weighted by molar-refractivity contribution is 5.07. The number of aliphatic hydroxyl groups excluding tert-OH is 1. The predicted molar refractivity (Wildman–Crippen MR) is 56.4 cm³/mol. The fourth-order valence-corrected chi connectivity index (χ4v) is 2.11. The number of nitrogens with zero attached hydrogens (tertiary/aromatic N) is 2. The molecule has 2 heterocycles. The van der Waals surface area contributed by atoms with Crippen LogP contribution in [0.4, 0.5) is 0 Å². The summed E-state index contributed by atoms with van der Waals surface area (Å²) in [5.41, 5.74) is 0.858. The van der Waals surface area contributed by atoms with Crippen LogP contribution in [0.2, 0.25) is 0 Å². The fourth-order valence-electron chi connectivity index (χ4n) is 2.11. The van der Waals surface area contributed by atoms with Gasteiger partial charge in [-0.3, -0.25) is 4.68 Å². The van der Waals surface area contributed by atoms with Crippen molar-refractivity contribution in [1.82, 2.24) is 9.78 Å². The Morgan fingerprint density at radius 2 is 2.47 bits per heavy atom. The molecule has 0 amide bonds. The van der Waals surface area contributed by atoms with Crippen LogP contribution < -0.4 is 0 Å². The Balaban J connectivity index is 2.10. The summed E-state index contributed by atoms with van der Waals surface area (Å²) in [5.74, 6) is 0. The molecule has 3 unspecified atom stereocenters. The van der Waals surface area contributed by atoms with Crippen LogP contribution in [0.25, 0.3) is 0 Å². The van der Waals surface area contributed by atoms with Gasteiger partial charge in [-0.25, -0.2) is 0 Å². The lowest BCUT2D eigenvalue weighted by atomic mass is 10.1. The molecule has 4 heteroatoms. The van der Waals surface area contributed by atoms with E-state index in [1.807, 2.05) is 24.6 Å². The summed E-state index contributed by atoms with van der Waals surface area (Å²) in [6.07, 6.45) is 3.33. The highest BCUT2D eigenvalue weighted by atomic mass is 16.5. The second-order valence-corrected chi connectivity index (χ2v) is 4.08. The van der Waals surface area contributed by atoms with Gasteiger partial charge in [-0.15, -0.1) is 0 Å². The highest BCUT2D eigenvalue weighted by Crippen LogP contribution is 2.29. The maximum atomic E-state index is 10.2. The highest BCUT2D eigenvalue weighted by Gasteiger charge is 2.30. The van der Waals surface area contributed by atoms with E-state index in [1.165, 1.54) is 0 Å².